The van der Waals surface area contributed by atoms with Gasteiger partial charge in [-0.05, 0) is 30.5 Å². The summed E-state index contributed by atoms with van der Waals surface area (Å²) in [6, 6.07) is 7.12. The number of ether oxygens (including phenoxy) is 1. The molecule has 1 aliphatic rings. The number of methoxy groups -OCH3 is 1. The van der Waals surface area contributed by atoms with Crippen LogP contribution in [0.4, 0.5) is 0 Å². The summed E-state index contributed by atoms with van der Waals surface area (Å²) in [6.45, 7) is 0. The quantitative estimate of drug-likeness (QED) is 0.761. The molecule has 0 saturated heterocycles. The summed E-state index contributed by atoms with van der Waals surface area (Å²) >= 11 is 0. The molecule has 0 bridgehead atoms. The largest absolute Gasteiger partial charge is 0.497 e. The number of aliphatic hydroxyl groups is 2. The van der Waals surface area contributed by atoms with Crippen LogP contribution in [-0.4, -0.2) is 22.9 Å². The van der Waals surface area contributed by atoms with Crippen molar-refractivity contribution in [3.05, 3.63) is 29.8 Å². The van der Waals surface area contributed by atoms with Crippen LogP contribution in [0.15, 0.2) is 24.3 Å². The van der Waals surface area contributed by atoms with E-state index >= 15 is 0 Å². The maximum atomic E-state index is 9.79. The maximum absolute atomic E-state index is 9.79. The highest BCUT2D eigenvalue weighted by Gasteiger charge is 2.47. The first-order chi connectivity index (χ1) is 6.65. The van der Waals surface area contributed by atoms with E-state index in [0.717, 1.165) is 11.3 Å². The number of hydrogen-bond donors (Lipinski definition) is 2. The third-order valence-corrected chi connectivity index (χ3v) is 2.70. The van der Waals surface area contributed by atoms with Crippen molar-refractivity contribution in [2.75, 3.05) is 7.11 Å². The van der Waals surface area contributed by atoms with Crippen molar-refractivity contribution in [1.82, 2.24) is 0 Å². The zero-order valence-electron chi connectivity index (χ0n) is 8.10. The molecular formula is C11H14O3. The Balaban J connectivity index is 2.16. The first kappa shape index (κ1) is 9.49. The lowest BCUT2D eigenvalue weighted by Crippen LogP contribution is -2.19. The Morgan fingerprint density at radius 1 is 1.29 bits per heavy atom. The molecule has 1 saturated carbocycles. The van der Waals surface area contributed by atoms with Crippen LogP contribution in [-0.2, 0) is 0 Å². The standard InChI is InChI=1S/C11H14O3/c1-14-9-4-2-8(3-5-9)10(12)11(13)6-7-11/h2-5,10,12-13H,6-7H2,1H3. The van der Waals surface area contributed by atoms with E-state index < -0.39 is 11.7 Å². The maximum Gasteiger partial charge on any atom is 0.118 e. The van der Waals surface area contributed by atoms with E-state index in [1.807, 2.05) is 0 Å². The summed E-state index contributed by atoms with van der Waals surface area (Å²) < 4.78 is 5.01. The van der Waals surface area contributed by atoms with Gasteiger partial charge in [0.05, 0.1) is 12.7 Å². The SMILES string of the molecule is COc1ccc(C(O)C2(O)CC2)cc1. The first-order valence-corrected chi connectivity index (χ1v) is 4.70. The van der Waals surface area contributed by atoms with Crippen molar-refractivity contribution in [3.63, 3.8) is 0 Å². The van der Waals surface area contributed by atoms with Crippen LogP contribution in [0.2, 0.25) is 0 Å². The molecule has 1 aliphatic carbocycles. The Morgan fingerprint density at radius 2 is 1.86 bits per heavy atom. The molecule has 76 valence electrons. The van der Waals surface area contributed by atoms with Crippen molar-refractivity contribution in [2.45, 2.75) is 24.5 Å². The Bertz CT molecular complexity index is 314. The van der Waals surface area contributed by atoms with E-state index in [9.17, 15) is 10.2 Å². The van der Waals surface area contributed by atoms with Crippen LogP contribution in [0.5, 0.6) is 5.75 Å². The molecule has 1 fully saturated rings. The van der Waals surface area contributed by atoms with E-state index in [-0.39, 0.29) is 0 Å². The molecule has 0 amide bonds. The monoisotopic (exact) mass is 194 g/mol. The molecule has 1 aromatic rings. The lowest BCUT2D eigenvalue weighted by Gasteiger charge is -2.16. The smallest absolute Gasteiger partial charge is 0.118 e. The predicted molar refractivity (Wildman–Crippen MR) is 52.1 cm³/mol. The molecule has 1 atom stereocenters. The number of rotatable bonds is 3. The van der Waals surface area contributed by atoms with Crippen LogP contribution < -0.4 is 4.74 Å². The van der Waals surface area contributed by atoms with Gasteiger partial charge in [-0.3, -0.25) is 0 Å². The molecule has 0 radical (unpaired) electrons. The second-order valence-electron chi connectivity index (χ2n) is 3.78. The fourth-order valence-corrected chi connectivity index (χ4v) is 1.50. The second kappa shape index (κ2) is 3.26. The molecular weight excluding hydrogens is 180 g/mol. The molecule has 0 aliphatic heterocycles. The van der Waals surface area contributed by atoms with Crippen molar-refractivity contribution >= 4 is 0 Å². The van der Waals surface area contributed by atoms with E-state index in [4.69, 9.17) is 4.74 Å². The predicted octanol–water partition coefficient (Wildman–Crippen LogP) is 1.25. The van der Waals surface area contributed by atoms with Gasteiger partial charge in [-0.2, -0.15) is 0 Å². The minimum atomic E-state index is -0.880. The van der Waals surface area contributed by atoms with Gasteiger partial charge in [-0.25, -0.2) is 0 Å². The Labute approximate surface area is 83.0 Å². The highest BCUT2D eigenvalue weighted by Crippen LogP contribution is 2.45. The van der Waals surface area contributed by atoms with Crippen molar-refractivity contribution < 1.29 is 14.9 Å². The molecule has 0 spiro atoms. The topological polar surface area (TPSA) is 49.7 Å². The van der Waals surface area contributed by atoms with Crippen molar-refractivity contribution in [2.24, 2.45) is 0 Å². The number of hydrogen-bond acceptors (Lipinski definition) is 3. The van der Waals surface area contributed by atoms with E-state index in [2.05, 4.69) is 0 Å². The van der Waals surface area contributed by atoms with Crippen LogP contribution in [0, 0.1) is 0 Å². The van der Waals surface area contributed by atoms with Gasteiger partial charge in [0.2, 0.25) is 0 Å². The Morgan fingerprint density at radius 3 is 2.29 bits per heavy atom. The molecule has 1 aromatic carbocycles. The van der Waals surface area contributed by atoms with Gasteiger partial charge >= 0.3 is 0 Å². The average Bonchev–Trinajstić information content (AvgIpc) is 2.97. The fourth-order valence-electron chi connectivity index (χ4n) is 1.50. The number of aliphatic hydroxyl groups excluding tert-OH is 1. The average molecular weight is 194 g/mol. The van der Waals surface area contributed by atoms with E-state index in [1.165, 1.54) is 0 Å². The van der Waals surface area contributed by atoms with Gasteiger partial charge in [0, 0.05) is 0 Å². The zero-order valence-corrected chi connectivity index (χ0v) is 8.10. The van der Waals surface area contributed by atoms with Crippen LogP contribution >= 0.6 is 0 Å². The molecule has 3 heteroatoms. The van der Waals surface area contributed by atoms with Crippen molar-refractivity contribution in [1.29, 1.82) is 0 Å². The molecule has 3 nitrogen and oxygen atoms in total. The van der Waals surface area contributed by atoms with E-state index in [1.54, 1.807) is 31.4 Å². The third-order valence-electron chi connectivity index (χ3n) is 2.70. The lowest BCUT2D eigenvalue weighted by atomic mass is 10.0. The van der Waals surface area contributed by atoms with E-state index in [0.29, 0.717) is 12.8 Å². The Hall–Kier alpha value is -1.06. The van der Waals surface area contributed by atoms with Crippen molar-refractivity contribution in [3.8, 4) is 5.75 Å². The minimum absolute atomic E-state index is 0.681. The minimum Gasteiger partial charge on any atom is -0.497 e. The normalized spacial score (nSPS) is 20.2. The summed E-state index contributed by atoms with van der Waals surface area (Å²) in [7, 11) is 1.60. The fraction of sp³-hybridized carbons (Fsp3) is 0.455. The highest BCUT2D eigenvalue weighted by molar-refractivity contribution is 5.30. The summed E-state index contributed by atoms with van der Waals surface area (Å²) in [5.41, 5.74) is -0.139. The molecule has 2 N–H and O–H groups in total. The molecule has 2 rings (SSSR count). The summed E-state index contributed by atoms with van der Waals surface area (Å²) in [5, 5.41) is 19.5. The van der Waals surface area contributed by atoms with Gasteiger partial charge in [0.25, 0.3) is 0 Å². The molecule has 0 heterocycles. The molecule has 0 aromatic heterocycles. The van der Waals surface area contributed by atoms with Gasteiger partial charge in [-0.1, -0.05) is 12.1 Å². The zero-order chi connectivity index (χ0) is 10.2. The lowest BCUT2D eigenvalue weighted by molar-refractivity contribution is -0.00174. The van der Waals surface area contributed by atoms with Crippen LogP contribution in [0.1, 0.15) is 24.5 Å². The first-order valence-electron chi connectivity index (χ1n) is 4.70. The van der Waals surface area contributed by atoms with Gasteiger partial charge in [0.1, 0.15) is 11.9 Å². The number of benzene rings is 1. The summed E-state index contributed by atoms with van der Waals surface area (Å²) in [6.07, 6.45) is 0.592. The van der Waals surface area contributed by atoms with Gasteiger partial charge < -0.3 is 14.9 Å². The summed E-state index contributed by atoms with van der Waals surface area (Å²) in [4.78, 5) is 0. The second-order valence-corrected chi connectivity index (χ2v) is 3.78. The molecule has 14 heavy (non-hydrogen) atoms. The van der Waals surface area contributed by atoms with Gasteiger partial charge in [-0.15, -0.1) is 0 Å². The third kappa shape index (κ3) is 1.61. The van der Waals surface area contributed by atoms with Crippen LogP contribution in [0.25, 0.3) is 0 Å². The molecule has 1 unspecified atom stereocenters. The van der Waals surface area contributed by atoms with Gasteiger partial charge in [0.15, 0.2) is 0 Å². The highest BCUT2D eigenvalue weighted by atomic mass is 16.5. The van der Waals surface area contributed by atoms with Crippen LogP contribution in [0.3, 0.4) is 0 Å². The Kier molecular flexibility index (Phi) is 2.21. The summed E-state index contributed by atoms with van der Waals surface area (Å²) in [5.74, 6) is 0.753.